The van der Waals surface area contributed by atoms with Gasteiger partial charge in [-0.25, -0.2) is 0 Å². The van der Waals surface area contributed by atoms with Gasteiger partial charge in [-0.2, -0.15) is 13.2 Å². The predicted octanol–water partition coefficient (Wildman–Crippen LogP) is 5.96. The van der Waals surface area contributed by atoms with E-state index in [1.165, 1.54) is 41.6 Å². The molecule has 1 atom stereocenters. The Bertz CT molecular complexity index is 1470. The number of pyridine rings is 2. The molecule has 0 amide bonds. The van der Waals surface area contributed by atoms with Crippen LogP contribution in [0.3, 0.4) is 0 Å². The summed E-state index contributed by atoms with van der Waals surface area (Å²) in [5, 5.41) is 1.23. The summed E-state index contributed by atoms with van der Waals surface area (Å²) in [7, 11) is 2.10. The standard InChI is InChI=1S/C26H23F3N4O.C2H6/c1-31-22-13-19(5-6-20(22)21-15-32-9-2-3-18(32)12-23(21)31)33-10-8-16(11-25(33)34)17-4-7-24(30-14-17)26(27,28)29;1-2/h4-8,10-11,13-14,18H,2-3,9,12,15H2,1H3;1-2H3. The van der Waals surface area contributed by atoms with Crippen LogP contribution in [0.15, 0.2) is 59.7 Å². The van der Waals surface area contributed by atoms with Gasteiger partial charge in [-0.05, 0) is 54.8 Å². The lowest BCUT2D eigenvalue weighted by molar-refractivity contribution is -0.141. The summed E-state index contributed by atoms with van der Waals surface area (Å²) in [6.45, 7) is 6.14. The number of alkyl halides is 3. The molecule has 8 heteroatoms. The van der Waals surface area contributed by atoms with E-state index in [1.54, 1.807) is 16.8 Å². The molecule has 2 aliphatic heterocycles. The fraction of sp³-hybridized carbons (Fsp3) is 0.357. The van der Waals surface area contributed by atoms with Gasteiger partial charge in [-0.1, -0.05) is 26.0 Å². The van der Waals surface area contributed by atoms with Gasteiger partial charge in [0.05, 0.1) is 11.2 Å². The van der Waals surface area contributed by atoms with Gasteiger partial charge in [0.15, 0.2) is 0 Å². The Morgan fingerprint density at radius 3 is 2.53 bits per heavy atom. The normalized spacial score (nSPS) is 17.4. The molecule has 188 valence electrons. The zero-order chi connectivity index (χ0) is 25.6. The molecule has 0 saturated carbocycles. The molecule has 0 radical (unpaired) electrons. The van der Waals surface area contributed by atoms with Gasteiger partial charge < -0.3 is 4.57 Å². The molecule has 1 aromatic carbocycles. The molecule has 6 rings (SSSR count). The number of hydrogen-bond acceptors (Lipinski definition) is 3. The first-order chi connectivity index (χ1) is 17.3. The van der Waals surface area contributed by atoms with Crippen LogP contribution in [0.1, 0.15) is 43.6 Å². The van der Waals surface area contributed by atoms with Crippen molar-refractivity contribution in [1.29, 1.82) is 0 Å². The van der Waals surface area contributed by atoms with E-state index < -0.39 is 11.9 Å². The molecule has 2 aliphatic rings. The number of benzene rings is 1. The van der Waals surface area contributed by atoms with Gasteiger partial charge in [-0.15, -0.1) is 0 Å². The summed E-state index contributed by atoms with van der Waals surface area (Å²) in [5.74, 6) is 0. The van der Waals surface area contributed by atoms with Crippen molar-refractivity contribution in [3.63, 3.8) is 0 Å². The van der Waals surface area contributed by atoms with E-state index in [9.17, 15) is 18.0 Å². The third-order valence-electron chi connectivity index (χ3n) is 7.30. The lowest BCUT2D eigenvalue weighted by Gasteiger charge is -2.30. The molecule has 4 aromatic rings. The van der Waals surface area contributed by atoms with Crippen LogP contribution < -0.4 is 5.56 Å². The Hall–Kier alpha value is -3.39. The highest BCUT2D eigenvalue weighted by atomic mass is 19.4. The first-order valence-corrected chi connectivity index (χ1v) is 12.4. The van der Waals surface area contributed by atoms with Gasteiger partial charge in [0.25, 0.3) is 5.56 Å². The van der Waals surface area contributed by atoms with E-state index in [1.807, 2.05) is 26.0 Å². The Labute approximate surface area is 207 Å². The SMILES string of the molecule is CC.Cn1c2c(c3ccc(-n4ccc(-c5ccc(C(F)(F)F)nc5)cc4=O)cc31)CN1CCCC1C2. The van der Waals surface area contributed by atoms with Crippen molar-refractivity contribution < 1.29 is 13.2 Å². The average Bonchev–Trinajstić information content (AvgIpc) is 3.45. The minimum absolute atomic E-state index is 0.253. The minimum atomic E-state index is -4.49. The summed E-state index contributed by atoms with van der Waals surface area (Å²) >= 11 is 0. The topological polar surface area (TPSA) is 43.1 Å². The van der Waals surface area contributed by atoms with Gasteiger partial charge in [-0.3, -0.25) is 19.2 Å². The van der Waals surface area contributed by atoms with Crippen LogP contribution in [-0.2, 0) is 26.2 Å². The van der Waals surface area contributed by atoms with Crippen LogP contribution in [0.5, 0.6) is 0 Å². The molecule has 0 spiro atoms. The molecule has 1 fully saturated rings. The highest BCUT2D eigenvalue weighted by Gasteiger charge is 2.33. The lowest BCUT2D eigenvalue weighted by Crippen LogP contribution is -2.35. The van der Waals surface area contributed by atoms with Gasteiger partial charge >= 0.3 is 6.18 Å². The largest absolute Gasteiger partial charge is 0.433 e. The van der Waals surface area contributed by atoms with Crippen LogP contribution in [-0.4, -0.2) is 31.6 Å². The van der Waals surface area contributed by atoms with Gasteiger partial charge in [0.1, 0.15) is 5.69 Å². The molecule has 5 heterocycles. The second-order valence-corrected chi connectivity index (χ2v) is 9.21. The number of fused-ring (bicyclic) bond motifs is 4. The quantitative estimate of drug-likeness (QED) is 0.346. The van der Waals surface area contributed by atoms with Crippen molar-refractivity contribution in [3.8, 4) is 16.8 Å². The fourth-order valence-electron chi connectivity index (χ4n) is 5.51. The third-order valence-corrected chi connectivity index (χ3v) is 7.30. The Balaban J connectivity index is 0.00000130. The van der Waals surface area contributed by atoms with Crippen molar-refractivity contribution in [2.24, 2.45) is 7.05 Å². The summed E-state index contributed by atoms with van der Waals surface area (Å²) in [6.07, 6.45) is 1.90. The lowest BCUT2D eigenvalue weighted by atomic mass is 9.99. The Kier molecular flexibility index (Phi) is 6.24. The monoisotopic (exact) mass is 494 g/mol. The van der Waals surface area contributed by atoms with Crippen LogP contribution in [0.2, 0.25) is 0 Å². The zero-order valence-corrected chi connectivity index (χ0v) is 20.6. The maximum Gasteiger partial charge on any atom is 0.433 e. The third kappa shape index (κ3) is 4.13. The highest BCUT2D eigenvalue weighted by molar-refractivity contribution is 5.87. The Morgan fingerprint density at radius 1 is 1.03 bits per heavy atom. The molecule has 3 aromatic heterocycles. The van der Waals surface area contributed by atoms with E-state index in [0.717, 1.165) is 43.0 Å². The van der Waals surface area contributed by atoms with E-state index in [4.69, 9.17) is 0 Å². The second-order valence-electron chi connectivity index (χ2n) is 9.21. The van der Waals surface area contributed by atoms with Crippen LogP contribution in [0, 0.1) is 0 Å². The maximum absolute atomic E-state index is 12.9. The van der Waals surface area contributed by atoms with E-state index >= 15 is 0 Å². The molecular formula is C28H29F3N4O. The number of halogens is 3. The van der Waals surface area contributed by atoms with Crippen LogP contribution in [0.25, 0.3) is 27.7 Å². The first-order valence-electron chi connectivity index (χ1n) is 12.4. The summed E-state index contributed by atoms with van der Waals surface area (Å²) < 4.78 is 42.2. The molecule has 0 aliphatic carbocycles. The number of nitrogens with zero attached hydrogens (tertiary/aromatic N) is 4. The van der Waals surface area contributed by atoms with E-state index in [-0.39, 0.29) is 5.56 Å². The number of hydrogen-bond donors (Lipinski definition) is 0. The maximum atomic E-state index is 12.9. The summed E-state index contributed by atoms with van der Waals surface area (Å²) in [6, 6.07) is 12.1. The number of aromatic nitrogens is 3. The zero-order valence-electron chi connectivity index (χ0n) is 20.6. The molecule has 0 bridgehead atoms. The first kappa shape index (κ1) is 24.3. The molecule has 0 N–H and O–H groups in total. The summed E-state index contributed by atoms with van der Waals surface area (Å²) in [5.41, 5.74) is 4.41. The average molecular weight is 495 g/mol. The van der Waals surface area contributed by atoms with Gasteiger partial charge in [0.2, 0.25) is 0 Å². The fourth-order valence-corrected chi connectivity index (χ4v) is 5.51. The van der Waals surface area contributed by atoms with Crippen LogP contribution >= 0.6 is 0 Å². The van der Waals surface area contributed by atoms with E-state index in [2.05, 4.69) is 27.6 Å². The van der Waals surface area contributed by atoms with Crippen LogP contribution in [0.4, 0.5) is 13.2 Å². The van der Waals surface area contributed by atoms with Crippen molar-refractivity contribution in [1.82, 2.24) is 19.0 Å². The van der Waals surface area contributed by atoms with Crippen molar-refractivity contribution in [2.75, 3.05) is 6.54 Å². The molecule has 1 unspecified atom stereocenters. The number of aryl methyl sites for hydroxylation is 1. The van der Waals surface area contributed by atoms with Crippen molar-refractivity contribution in [3.05, 3.63) is 82.2 Å². The summed E-state index contributed by atoms with van der Waals surface area (Å²) in [4.78, 5) is 19.0. The molecule has 5 nitrogen and oxygen atoms in total. The molecule has 36 heavy (non-hydrogen) atoms. The van der Waals surface area contributed by atoms with Crippen molar-refractivity contribution in [2.45, 2.75) is 51.9 Å². The molecular weight excluding hydrogens is 465 g/mol. The molecule has 1 saturated heterocycles. The predicted molar refractivity (Wildman–Crippen MR) is 135 cm³/mol. The smallest absolute Gasteiger partial charge is 0.347 e. The number of rotatable bonds is 2. The second kappa shape index (κ2) is 9.24. The Morgan fingerprint density at radius 2 is 1.83 bits per heavy atom. The minimum Gasteiger partial charge on any atom is -0.347 e. The highest BCUT2D eigenvalue weighted by Crippen LogP contribution is 2.36. The van der Waals surface area contributed by atoms with Crippen molar-refractivity contribution >= 4 is 10.9 Å². The van der Waals surface area contributed by atoms with Gasteiger partial charge in [0, 0.05) is 61.2 Å². The van der Waals surface area contributed by atoms with E-state index in [0.29, 0.717) is 17.2 Å².